The molecule has 0 aliphatic carbocycles. The summed E-state index contributed by atoms with van der Waals surface area (Å²) in [6.45, 7) is 6.54. The van der Waals surface area contributed by atoms with Crippen LogP contribution in [-0.2, 0) is 28.6 Å². The molecule has 0 fully saturated rings. The van der Waals surface area contributed by atoms with Gasteiger partial charge in [0.1, 0.15) is 13.2 Å². The van der Waals surface area contributed by atoms with E-state index in [0.717, 1.165) is 89.9 Å². The van der Waals surface area contributed by atoms with Crippen molar-refractivity contribution in [1.29, 1.82) is 0 Å². The van der Waals surface area contributed by atoms with Crippen molar-refractivity contribution in [1.82, 2.24) is 0 Å². The second-order valence-electron chi connectivity index (χ2n) is 19.2. The first-order valence-electron chi connectivity index (χ1n) is 28.3. The van der Waals surface area contributed by atoms with Crippen LogP contribution in [-0.4, -0.2) is 37.2 Å². The van der Waals surface area contributed by atoms with E-state index in [9.17, 15) is 14.4 Å². The second kappa shape index (κ2) is 53.5. The summed E-state index contributed by atoms with van der Waals surface area (Å²) in [5, 5.41) is 0. The highest BCUT2D eigenvalue weighted by Crippen LogP contribution is 2.17. The maximum absolute atomic E-state index is 12.7. The average Bonchev–Trinajstić information content (AvgIpc) is 3.29. The fourth-order valence-electron chi connectivity index (χ4n) is 8.39. The third-order valence-corrected chi connectivity index (χ3v) is 12.6. The first kappa shape index (κ1) is 61.9. The van der Waals surface area contributed by atoms with Crippen molar-refractivity contribution in [2.75, 3.05) is 13.2 Å². The van der Waals surface area contributed by atoms with E-state index in [2.05, 4.69) is 45.1 Å². The summed E-state index contributed by atoms with van der Waals surface area (Å²) < 4.78 is 16.8. The van der Waals surface area contributed by atoms with Crippen molar-refractivity contribution in [2.45, 2.75) is 316 Å². The second-order valence-corrected chi connectivity index (χ2v) is 19.2. The Morgan fingerprint density at radius 2 is 0.547 bits per heavy atom. The van der Waals surface area contributed by atoms with Gasteiger partial charge in [-0.1, -0.05) is 257 Å². The zero-order valence-electron chi connectivity index (χ0n) is 43.1. The summed E-state index contributed by atoms with van der Waals surface area (Å²) in [6.07, 6.45) is 62.0. The van der Waals surface area contributed by atoms with Gasteiger partial charge in [-0.15, -0.1) is 0 Å². The van der Waals surface area contributed by atoms with Crippen molar-refractivity contribution in [3.05, 3.63) is 24.3 Å². The highest BCUT2D eigenvalue weighted by Gasteiger charge is 2.19. The Kier molecular flexibility index (Phi) is 51.7. The zero-order chi connectivity index (χ0) is 46.5. The quantitative estimate of drug-likeness (QED) is 0.0262. The van der Waals surface area contributed by atoms with Crippen molar-refractivity contribution in [3.63, 3.8) is 0 Å². The van der Waals surface area contributed by atoms with Gasteiger partial charge in [0, 0.05) is 19.3 Å². The molecule has 0 aromatic heterocycles. The molecule has 0 aliphatic rings. The highest BCUT2D eigenvalue weighted by atomic mass is 16.6. The predicted octanol–water partition coefficient (Wildman–Crippen LogP) is 18.7. The summed E-state index contributed by atoms with van der Waals surface area (Å²) >= 11 is 0. The molecule has 376 valence electrons. The fourth-order valence-corrected chi connectivity index (χ4v) is 8.39. The predicted molar refractivity (Wildman–Crippen MR) is 275 cm³/mol. The van der Waals surface area contributed by atoms with E-state index in [1.807, 2.05) is 0 Å². The smallest absolute Gasteiger partial charge is 0.306 e. The lowest BCUT2D eigenvalue weighted by atomic mass is 10.0. The maximum atomic E-state index is 12.7. The number of rotatable bonds is 52. The lowest BCUT2D eigenvalue weighted by Gasteiger charge is -2.18. The number of allylic oxidation sites excluding steroid dienone is 4. The normalized spacial score (nSPS) is 12.1. The molecule has 0 rings (SSSR count). The topological polar surface area (TPSA) is 78.9 Å². The lowest BCUT2D eigenvalue weighted by molar-refractivity contribution is -0.167. The summed E-state index contributed by atoms with van der Waals surface area (Å²) in [4.78, 5) is 37.9. The van der Waals surface area contributed by atoms with Gasteiger partial charge in [-0.05, 0) is 57.8 Å². The van der Waals surface area contributed by atoms with Crippen LogP contribution in [0.3, 0.4) is 0 Å². The van der Waals surface area contributed by atoms with E-state index in [4.69, 9.17) is 14.2 Å². The summed E-state index contributed by atoms with van der Waals surface area (Å²) in [5.74, 6) is -0.883. The monoisotopic (exact) mass is 901 g/mol. The molecule has 1 atom stereocenters. The minimum Gasteiger partial charge on any atom is -0.462 e. The van der Waals surface area contributed by atoms with Crippen molar-refractivity contribution in [3.8, 4) is 0 Å². The lowest BCUT2D eigenvalue weighted by Crippen LogP contribution is -2.30. The Bertz CT molecular complexity index is 1040. The Balaban J connectivity index is 4.06. The van der Waals surface area contributed by atoms with Gasteiger partial charge in [0.15, 0.2) is 6.10 Å². The van der Waals surface area contributed by atoms with Crippen molar-refractivity contribution < 1.29 is 28.6 Å². The average molecular weight is 901 g/mol. The Hall–Kier alpha value is -2.11. The van der Waals surface area contributed by atoms with Crippen LogP contribution >= 0.6 is 0 Å². The van der Waals surface area contributed by atoms with E-state index in [0.29, 0.717) is 19.3 Å². The van der Waals surface area contributed by atoms with Crippen LogP contribution in [0, 0.1) is 0 Å². The first-order valence-corrected chi connectivity index (χ1v) is 28.3. The molecular weight excluding hydrogens is 793 g/mol. The van der Waals surface area contributed by atoms with Crippen LogP contribution in [0.2, 0.25) is 0 Å². The fraction of sp³-hybridized carbons (Fsp3) is 0.879. The van der Waals surface area contributed by atoms with Gasteiger partial charge in [-0.2, -0.15) is 0 Å². The first-order chi connectivity index (χ1) is 31.5. The largest absolute Gasteiger partial charge is 0.462 e. The number of carbonyl (C=O) groups excluding carboxylic acids is 3. The van der Waals surface area contributed by atoms with Crippen molar-refractivity contribution in [2.24, 2.45) is 0 Å². The molecule has 0 N–H and O–H groups in total. The van der Waals surface area contributed by atoms with E-state index in [1.165, 1.54) is 180 Å². The SMILES string of the molecule is CCC/C=C\CCCCCCCC(=O)OCC(COC(=O)CCCCCCCCCCCCCCCCCCCCCCCCCCCC)OC(=O)CCCCCCC/C=C\CCC. The van der Waals surface area contributed by atoms with Crippen LogP contribution in [0.1, 0.15) is 310 Å². The molecule has 0 bridgehead atoms. The Morgan fingerprint density at radius 1 is 0.297 bits per heavy atom. The molecule has 0 aromatic rings. The molecule has 0 amide bonds. The number of hydrogen-bond donors (Lipinski definition) is 0. The molecule has 6 heteroatoms. The number of ether oxygens (including phenoxy) is 3. The van der Waals surface area contributed by atoms with Crippen LogP contribution < -0.4 is 0 Å². The molecule has 1 unspecified atom stereocenters. The molecule has 0 heterocycles. The molecule has 0 aromatic carbocycles. The highest BCUT2D eigenvalue weighted by molar-refractivity contribution is 5.71. The summed E-state index contributed by atoms with van der Waals surface area (Å²) in [5.41, 5.74) is 0. The number of carbonyl (C=O) groups is 3. The van der Waals surface area contributed by atoms with E-state index >= 15 is 0 Å². The van der Waals surface area contributed by atoms with Crippen LogP contribution in [0.15, 0.2) is 24.3 Å². The van der Waals surface area contributed by atoms with Gasteiger partial charge in [-0.25, -0.2) is 0 Å². The van der Waals surface area contributed by atoms with E-state index < -0.39 is 6.10 Å². The number of esters is 3. The van der Waals surface area contributed by atoms with Gasteiger partial charge >= 0.3 is 17.9 Å². The minimum atomic E-state index is -0.773. The molecule has 0 aliphatic heterocycles. The molecule has 0 saturated carbocycles. The molecule has 0 spiro atoms. The standard InChI is InChI=1S/C58H108O6/c1-4-7-10-13-16-19-22-23-24-25-26-27-28-29-30-31-32-33-34-35-36-37-40-42-45-48-51-57(60)63-54-55(64-58(61)52-49-46-43-39-21-18-15-12-9-6-3)53-62-56(59)50-47-44-41-38-20-17-14-11-8-5-2/h11-12,14-15,55H,4-10,13,16-54H2,1-3H3/b14-11-,15-12-. The van der Waals surface area contributed by atoms with E-state index in [1.54, 1.807) is 0 Å². The Morgan fingerprint density at radius 3 is 0.844 bits per heavy atom. The van der Waals surface area contributed by atoms with Gasteiger partial charge in [-0.3, -0.25) is 14.4 Å². The third-order valence-electron chi connectivity index (χ3n) is 12.6. The van der Waals surface area contributed by atoms with Gasteiger partial charge < -0.3 is 14.2 Å². The third kappa shape index (κ3) is 50.9. The Labute approximate surface area is 398 Å². The maximum Gasteiger partial charge on any atom is 0.306 e. The summed E-state index contributed by atoms with van der Waals surface area (Å²) in [7, 11) is 0. The molecule has 6 nitrogen and oxygen atoms in total. The zero-order valence-corrected chi connectivity index (χ0v) is 43.1. The van der Waals surface area contributed by atoms with Crippen LogP contribution in [0.4, 0.5) is 0 Å². The summed E-state index contributed by atoms with van der Waals surface area (Å²) in [6, 6.07) is 0. The molecular formula is C58H108O6. The number of hydrogen-bond acceptors (Lipinski definition) is 6. The van der Waals surface area contributed by atoms with Gasteiger partial charge in [0.2, 0.25) is 0 Å². The minimum absolute atomic E-state index is 0.0738. The van der Waals surface area contributed by atoms with Gasteiger partial charge in [0.25, 0.3) is 0 Å². The van der Waals surface area contributed by atoms with Crippen molar-refractivity contribution >= 4 is 17.9 Å². The molecule has 0 radical (unpaired) electrons. The van der Waals surface area contributed by atoms with Crippen LogP contribution in [0.25, 0.3) is 0 Å². The van der Waals surface area contributed by atoms with Gasteiger partial charge in [0.05, 0.1) is 0 Å². The molecule has 0 saturated heterocycles. The molecule has 64 heavy (non-hydrogen) atoms. The van der Waals surface area contributed by atoms with E-state index in [-0.39, 0.29) is 31.1 Å². The van der Waals surface area contributed by atoms with Crippen LogP contribution in [0.5, 0.6) is 0 Å². The number of unbranched alkanes of at least 4 members (excludes halogenated alkanes) is 37.